The minimum Gasteiger partial charge on any atom is -0.342 e. The van der Waals surface area contributed by atoms with E-state index in [4.69, 9.17) is 23.8 Å². The van der Waals surface area contributed by atoms with Crippen LogP contribution in [0, 0.1) is 0 Å². The van der Waals surface area contributed by atoms with Crippen LogP contribution >= 0.6 is 23.8 Å². The highest BCUT2D eigenvalue weighted by atomic mass is 35.5. The van der Waals surface area contributed by atoms with Crippen molar-refractivity contribution in [3.63, 3.8) is 0 Å². The highest BCUT2D eigenvalue weighted by molar-refractivity contribution is 7.80. The van der Waals surface area contributed by atoms with Crippen molar-refractivity contribution in [3.8, 4) is 0 Å². The lowest BCUT2D eigenvalue weighted by Gasteiger charge is -2.19. The van der Waals surface area contributed by atoms with E-state index < -0.39 is 0 Å². The summed E-state index contributed by atoms with van der Waals surface area (Å²) >= 11 is 11.6. The summed E-state index contributed by atoms with van der Waals surface area (Å²) in [6.45, 7) is 5.53. The summed E-state index contributed by atoms with van der Waals surface area (Å²) < 4.78 is 1.94. The number of nitrogens with zero attached hydrogens (tertiary/aromatic N) is 4. The Kier molecular flexibility index (Phi) is 6.54. The number of hydrogen-bond donors (Lipinski definition) is 0. The van der Waals surface area contributed by atoms with Crippen LogP contribution in [0.2, 0.25) is 5.02 Å². The molecule has 1 saturated heterocycles. The number of carbonyl (C=O) groups excluding carboxylic acids is 2. The number of rotatable bonds is 6. The molecule has 8 heteroatoms. The van der Waals surface area contributed by atoms with Gasteiger partial charge in [-0.2, -0.15) is 0 Å². The normalized spacial score (nSPS) is 15.2. The Morgan fingerprint density at radius 1 is 1.09 bits per heavy atom. The summed E-state index contributed by atoms with van der Waals surface area (Å²) in [5, 5.41) is 1.95. The number of para-hydroxylation sites is 1. The third kappa shape index (κ3) is 4.26. The fraction of sp³-hybridized carbons (Fsp3) is 0.240. The Morgan fingerprint density at radius 2 is 1.76 bits per heavy atom. The van der Waals surface area contributed by atoms with E-state index in [1.807, 2.05) is 59.9 Å². The first-order valence-corrected chi connectivity index (χ1v) is 11.6. The average Bonchev–Trinajstić information content (AvgIpc) is 3.25. The second-order valence-corrected chi connectivity index (χ2v) is 8.59. The van der Waals surface area contributed by atoms with E-state index >= 15 is 0 Å². The van der Waals surface area contributed by atoms with Crippen LogP contribution in [0.5, 0.6) is 0 Å². The molecule has 170 valence electrons. The van der Waals surface area contributed by atoms with E-state index in [2.05, 4.69) is 0 Å². The van der Waals surface area contributed by atoms with Crippen molar-refractivity contribution < 1.29 is 9.59 Å². The van der Waals surface area contributed by atoms with Gasteiger partial charge in [-0.25, -0.2) is 0 Å². The predicted molar refractivity (Wildman–Crippen MR) is 137 cm³/mol. The second kappa shape index (κ2) is 9.37. The number of anilines is 1. The summed E-state index contributed by atoms with van der Waals surface area (Å²) in [4.78, 5) is 31.1. The number of amides is 2. The Labute approximate surface area is 203 Å². The third-order valence-electron chi connectivity index (χ3n) is 5.88. The molecule has 1 aliphatic rings. The summed E-state index contributed by atoms with van der Waals surface area (Å²) in [6.07, 6.45) is 3.76. The predicted octanol–water partition coefficient (Wildman–Crippen LogP) is 4.77. The number of aromatic nitrogens is 1. The molecule has 1 fully saturated rings. The van der Waals surface area contributed by atoms with Crippen molar-refractivity contribution in [2.24, 2.45) is 0 Å². The molecule has 0 bridgehead atoms. The van der Waals surface area contributed by atoms with Crippen LogP contribution in [-0.2, 0) is 16.1 Å². The van der Waals surface area contributed by atoms with Crippen LogP contribution in [0.1, 0.15) is 19.4 Å². The Balaban J connectivity index is 1.73. The first kappa shape index (κ1) is 23.0. The molecule has 33 heavy (non-hydrogen) atoms. The molecule has 0 N–H and O–H groups in total. The standard InChI is InChI=1S/C25H25ClN4O2S/c1-4-28(5-2)23(31)16-29-15-17(20-8-6-7-9-21(20)29)14-22-24(32)30(25(33)27(22)3)19-12-10-18(26)11-13-19/h6-15H,4-5,16H2,1-3H3/b22-14+. The number of hydrogen-bond acceptors (Lipinski definition) is 3. The van der Waals surface area contributed by atoms with Gasteiger partial charge in [0.2, 0.25) is 5.91 Å². The van der Waals surface area contributed by atoms with Crippen molar-refractivity contribution >= 4 is 63.4 Å². The van der Waals surface area contributed by atoms with Gasteiger partial charge in [-0.05, 0) is 62.5 Å². The molecule has 1 aliphatic heterocycles. The molecule has 3 aromatic rings. The Bertz CT molecular complexity index is 1260. The summed E-state index contributed by atoms with van der Waals surface area (Å²) in [7, 11) is 1.78. The van der Waals surface area contributed by atoms with Gasteiger partial charge >= 0.3 is 0 Å². The molecular formula is C25H25ClN4O2S. The maximum absolute atomic E-state index is 13.3. The molecular weight excluding hydrogens is 456 g/mol. The van der Waals surface area contributed by atoms with Crippen molar-refractivity contribution in [1.82, 2.24) is 14.4 Å². The molecule has 6 nitrogen and oxygen atoms in total. The molecule has 0 spiro atoms. The zero-order valence-electron chi connectivity index (χ0n) is 18.8. The second-order valence-electron chi connectivity index (χ2n) is 7.78. The number of likely N-dealkylation sites (N-methyl/N-ethyl adjacent to an activating group) is 2. The van der Waals surface area contributed by atoms with Crippen LogP contribution in [0.3, 0.4) is 0 Å². The molecule has 0 unspecified atom stereocenters. The van der Waals surface area contributed by atoms with E-state index in [0.717, 1.165) is 16.5 Å². The molecule has 2 aromatic carbocycles. The largest absolute Gasteiger partial charge is 0.342 e. The van der Waals surface area contributed by atoms with Crippen molar-refractivity contribution in [2.45, 2.75) is 20.4 Å². The van der Waals surface area contributed by atoms with Crippen LogP contribution in [0.4, 0.5) is 5.69 Å². The van der Waals surface area contributed by atoms with Crippen LogP contribution < -0.4 is 4.90 Å². The van der Waals surface area contributed by atoms with Crippen LogP contribution in [-0.4, -0.2) is 51.4 Å². The number of thiocarbonyl (C=S) groups is 1. The first-order chi connectivity index (χ1) is 15.8. The average molecular weight is 481 g/mol. The number of fused-ring (bicyclic) bond motifs is 1. The molecule has 0 atom stereocenters. The zero-order chi connectivity index (χ0) is 23.7. The molecule has 2 amide bonds. The smallest absolute Gasteiger partial charge is 0.281 e. The lowest BCUT2D eigenvalue weighted by Crippen LogP contribution is -2.33. The molecule has 4 rings (SSSR count). The molecule has 0 saturated carbocycles. The molecule has 1 aromatic heterocycles. The third-order valence-corrected chi connectivity index (χ3v) is 6.59. The van der Waals surface area contributed by atoms with Crippen LogP contribution in [0.15, 0.2) is 60.4 Å². The minimum atomic E-state index is -0.208. The van der Waals surface area contributed by atoms with Crippen LogP contribution in [0.25, 0.3) is 17.0 Å². The lowest BCUT2D eigenvalue weighted by molar-refractivity contribution is -0.131. The molecule has 0 radical (unpaired) electrons. The van der Waals surface area contributed by atoms with Gasteiger partial charge in [0, 0.05) is 47.8 Å². The van der Waals surface area contributed by atoms with Crippen molar-refractivity contribution in [2.75, 3.05) is 25.0 Å². The van der Waals surface area contributed by atoms with Gasteiger partial charge in [-0.1, -0.05) is 29.8 Å². The summed E-state index contributed by atoms with van der Waals surface area (Å²) in [5.74, 6) is -0.148. The summed E-state index contributed by atoms with van der Waals surface area (Å²) in [5.41, 5.74) is 2.92. The minimum absolute atomic E-state index is 0.0594. The monoisotopic (exact) mass is 480 g/mol. The van der Waals surface area contributed by atoms with Gasteiger partial charge in [0.25, 0.3) is 5.91 Å². The quantitative estimate of drug-likeness (QED) is 0.377. The number of benzene rings is 2. The van der Waals surface area contributed by atoms with E-state index in [1.165, 1.54) is 4.90 Å². The van der Waals surface area contributed by atoms with Gasteiger partial charge in [-0.3, -0.25) is 14.5 Å². The number of halogens is 1. The molecule has 2 heterocycles. The maximum atomic E-state index is 13.3. The van der Waals surface area contributed by atoms with E-state index in [9.17, 15) is 9.59 Å². The maximum Gasteiger partial charge on any atom is 0.281 e. The van der Waals surface area contributed by atoms with Gasteiger partial charge in [0.05, 0.1) is 5.69 Å². The first-order valence-electron chi connectivity index (χ1n) is 10.8. The van der Waals surface area contributed by atoms with Gasteiger partial charge in [0.15, 0.2) is 5.11 Å². The lowest BCUT2D eigenvalue weighted by atomic mass is 10.1. The van der Waals surface area contributed by atoms with Gasteiger partial charge in [0.1, 0.15) is 12.2 Å². The van der Waals surface area contributed by atoms with Gasteiger partial charge in [-0.15, -0.1) is 0 Å². The fourth-order valence-corrected chi connectivity index (χ4v) is 4.48. The van der Waals surface area contributed by atoms with E-state index in [-0.39, 0.29) is 18.4 Å². The van der Waals surface area contributed by atoms with Crippen molar-refractivity contribution in [3.05, 3.63) is 71.0 Å². The van der Waals surface area contributed by atoms with Gasteiger partial charge < -0.3 is 14.4 Å². The Morgan fingerprint density at radius 3 is 2.42 bits per heavy atom. The fourth-order valence-electron chi connectivity index (χ4n) is 4.06. The highest BCUT2D eigenvalue weighted by Crippen LogP contribution is 2.31. The number of carbonyl (C=O) groups is 2. The zero-order valence-corrected chi connectivity index (χ0v) is 20.4. The van der Waals surface area contributed by atoms with E-state index in [1.54, 1.807) is 36.2 Å². The van der Waals surface area contributed by atoms with Crippen molar-refractivity contribution in [1.29, 1.82) is 0 Å². The topological polar surface area (TPSA) is 48.8 Å². The van der Waals surface area contributed by atoms with E-state index in [0.29, 0.717) is 34.6 Å². The SMILES string of the molecule is CCN(CC)C(=O)Cn1cc(/C=C2\C(=O)N(c3ccc(Cl)cc3)C(=S)N2C)c2ccccc21. The highest BCUT2D eigenvalue weighted by Gasteiger charge is 2.37. The molecule has 0 aliphatic carbocycles. The summed E-state index contributed by atoms with van der Waals surface area (Å²) in [6, 6.07) is 14.9. The Hall–Kier alpha value is -3.16.